The van der Waals surface area contributed by atoms with E-state index >= 15 is 0 Å². The van der Waals surface area contributed by atoms with Gasteiger partial charge in [0.1, 0.15) is 5.82 Å². The predicted octanol–water partition coefficient (Wildman–Crippen LogP) is 2.84. The van der Waals surface area contributed by atoms with Crippen molar-refractivity contribution in [1.29, 1.82) is 0 Å². The fourth-order valence-corrected chi connectivity index (χ4v) is 2.97. The first-order chi connectivity index (χ1) is 9.95. The van der Waals surface area contributed by atoms with Gasteiger partial charge in [0, 0.05) is 24.0 Å². The van der Waals surface area contributed by atoms with Crippen LogP contribution in [-0.4, -0.2) is 35.0 Å². The number of halogens is 2. The summed E-state index contributed by atoms with van der Waals surface area (Å²) < 4.78 is 13.9. The maximum absolute atomic E-state index is 13.2. The molecule has 1 aromatic carbocycles. The van der Waals surface area contributed by atoms with Crippen LogP contribution < -0.4 is 0 Å². The largest absolute Gasteiger partial charge is 0.481 e. The summed E-state index contributed by atoms with van der Waals surface area (Å²) in [6, 6.07) is 4.30. The monoisotopic (exact) mass is 357 g/mol. The first kappa shape index (κ1) is 15.9. The number of likely N-dealkylation sites (tertiary alicyclic amines) is 1. The number of nitrogens with zero attached hydrogens (tertiary/aromatic N) is 1. The molecule has 0 radical (unpaired) electrons. The van der Waals surface area contributed by atoms with Crippen LogP contribution in [0.4, 0.5) is 4.39 Å². The Morgan fingerprint density at radius 3 is 2.62 bits per heavy atom. The van der Waals surface area contributed by atoms with Crippen LogP contribution in [0.15, 0.2) is 22.7 Å². The Morgan fingerprint density at radius 1 is 1.33 bits per heavy atom. The summed E-state index contributed by atoms with van der Waals surface area (Å²) in [5.41, 5.74) is 0.632. The second kappa shape index (κ2) is 7.02. The highest BCUT2D eigenvalue weighted by atomic mass is 79.9. The number of hydrogen-bond donors (Lipinski definition) is 1. The third kappa shape index (κ3) is 4.52. The Kier molecular flexibility index (Phi) is 5.33. The minimum atomic E-state index is -0.788. The number of carbonyl (C=O) groups is 2. The van der Waals surface area contributed by atoms with E-state index in [1.807, 2.05) is 0 Å². The molecule has 6 heteroatoms. The fourth-order valence-electron chi connectivity index (χ4n) is 2.59. The van der Waals surface area contributed by atoms with Gasteiger partial charge in [-0.05, 0) is 42.5 Å². The van der Waals surface area contributed by atoms with Gasteiger partial charge >= 0.3 is 5.97 Å². The summed E-state index contributed by atoms with van der Waals surface area (Å²) in [7, 11) is 0. The van der Waals surface area contributed by atoms with Gasteiger partial charge in [0.15, 0.2) is 0 Å². The van der Waals surface area contributed by atoms with Gasteiger partial charge in [-0.1, -0.05) is 15.9 Å². The lowest BCUT2D eigenvalue weighted by Crippen LogP contribution is -2.39. The van der Waals surface area contributed by atoms with Gasteiger partial charge in [-0.2, -0.15) is 0 Å². The second-order valence-electron chi connectivity index (χ2n) is 5.33. The van der Waals surface area contributed by atoms with Crippen LogP contribution in [-0.2, 0) is 16.0 Å². The Hall–Kier alpha value is -1.43. The van der Waals surface area contributed by atoms with Crippen LogP contribution in [0.2, 0.25) is 0 Å². The molecule has 1 saturated heterocycles. The zero-order valence-corrected chi connectivity index (χ0v) is 13.1. The van der Waals surface area contributed by atoms with Gasteiger partial charge in [-0.25, -0.2) is 4.39 Å². The molecule has 1 heterocycles. The van der Waals surface area contributed by atoms with Gasteiger partial charge in [0.25, 0.3) is 0 Å². The molecule has 1 aromatic rings. The first-order valence-electron chi connectivity index (χ1n) is 6.89. The molecule has 1 aliphatic heterocycles. The van der Waals surface area contributed by atoms with Crippen molar-refractivity contribution in [2.45, 2.75) is 25.7 Å². The van der Waals surface area contributed by atoms with E-state index in [0.29, 0.717) is 31.5 Å². The smallest absolute Gasteiger partial charge is 0.303 e. The Bertz CT molecular complexity index is 542. The van der Waals surface area contributed by atoms with Crippen molar-refractivity contribution in [1.82, 2.24) is 4.90 Å². The van der Waals surface area contributed by atoms with Crippen molar-refractivity contribution < 1.29 is 19.1 Å². The van der Waals surface area contributed by atoms with Crippen LogP contribution in [0.3, 0.4) is 0 Å². The maximum Gasteiger partial charge on any atom is 0.303 e. The Labute approximate surface area is 131 Å². The molecule has 0 aromatic heterocycles. The zero-order chi connectivity index (χ0) is 15.4. The summed E-state index contributed by atoms with van der Waals surface area (Å²) in [6.07, 6.45) is 1.74. The molecule has 1 fully saturated rings. The molecule has 21 heavy (non-hydrogen) atoms. The number of hydrogen-bond acceptors (Lipinski definition) is 2. The van der Waals surface area contributed by atoms with E-state index < -0.39 is 5.97 Å². The van der Waals surface area contributed by atoms with Crippen LogP contribution in [0, 0.1) is 11.7 Å². The molecule has 0 spiro atoms. The number of carboxylic acid groups (broad SMARTS) is 1. The normalized spacial score (nSPS) is 16.0. The molecule has 0 atom stereocenters. The van der Waals surface area contributed by atoms with Gasteiger partial charge in [-0.15, -0.1) is 0 Å². The van der Waals surface area contributed by atoms with E-state index in [2.05, 4.69) is 15.9 Å². The molecule has 0 unspecified atom stereocenters. The minimum Gasteiger partial charge on any atom is -0.481 e. The summed E-state index contributed by atoms with van der Waals surface area (Å²) in [5.74, 6) is -1.05. The Morgan fingerprint density at radius 2 is 2.00 bits per heavy atom. The van der Waals surface area contributed by atoms with Crippen LogP contribution in [0.25, 0.3) is 0 Å². The number of amides is 1. The summed E-state index contributed by atoms with van der Waals surface area (Å²) >= 11 is 3.32. The third-order valence-electron chi connectivity index (χ3n) is 3.78. The van der Waals surface area contributed by atoms with Gasteiger partial charge in [0.2, 0.25) is 5.91 Å². The van der Waals surface area contributed by atoms with E-state index in [-0.39, 0.29) is 30.5 Å². The van der Waals surface area contributed by atoms with Gasteiger partial charge in [-0.3, -0.25) is 9.59 Å². The van der Waals surface area contributed by atoms with Crippen molar-refractivity contribution in [2.24, 2.45) is 5.92 Å². The lowest BCUT2D eigenvalue weighted by molar-refractivity contribution is -0.138. The zero-order valence-electron chi connectivity index (χ0n) is 11.5. The number of carboxylic acids is 1. The molecule has 2 rings (SSSR count). The summed E-state index contributed by atoms with van der Waals surface area (Å²) in [6.45, 7) is 1.15. The van der Waals surface area contributed by atoms with E-state index in [9.17, 15) is 14.0 Å². The lowest BCUT2D eigenvalue weighted by atomic mass is 9.93. The molecule has 0 saturated carbocycles. The van der Waals surface area contributed by atoms with E-state index in [4.69, 9.17) is 5.11 Å². The highest BCUT2D eigenvalue weighted by Gasteiger charge is 2.24. The molecule has 0 bridgehead atoms. The average molecular weight is 358 g/mol. The quantitative estimate of drug-likeness (QED) is 0.901. The standard InChI is InChI=1S/C15H17BrFNO3/c16-13-2-1-12(17)8-11(13)9-14(19)18-5-3-10(4-6-18)7-15(20)21/h1-2,8,10H,3-7,9H2,(H,20,21). The van der Waals surface area contributed by atoms with Crippen molar-refractivity contribution in [3.8, 4) is 0 Å². The summed E-state index contributed by atoms with van der Waals surface area (Å²) in [5, 5.41) is 8.77. The molecule has 1 aliphatic rings. The first-order valence-corrected chi connectivity index (χ1v) is 7.68. The molecule has 1 N–H and O–H groups in total. The molecule has 0 aliphatic carbocycles. The van der Waals surface area contributed by atoms with Crippen LogP contribution in [0.5, 0.6) is 0 Å². The highest BCUT2D eigenvalue weighted by Crippen LogP contribution is 2.23. The van der Waals surface area contributed by atoms with Gasteiger partial charge in [0.05, 0.1) is 6.42 Å². The highest BCUT2D eigenvalue weighted by molar-refractivity contribution is 9.10. The van der Waals surface area contributed by atoms with Gasteiger partial charge < -0.3 is 10.0 Å². The lowest BCUT2D eigenvalue weighted by Gasteiger charge is -2.31. The third-order valence-corrected chi connectivity index (χ3v) is 4.55. The number of piperidine rings is 1. The second-order valence-corrected chi connectivity index (χ2v) is 6.19. The topological polar surface area (TPSA) is 57.6 Å². The average Bonchev–Trinajstić information content (AvgIpc) is 2.43. The number of aliphatic carboxylic acids is 1. The fraction of sp³-hybridized carbons (Fsp3) is 0.467. The van der Waals surface area contributed by atoms with E-state index in [0.717, 1.165) is 4.47 Å². The van der Waals surface area contributed by atoms with Crippen molar-refractivity contribution >= 4 is 27.8 Å². The molecule has 4 nitrogen and oxygen atoms in total. The van der Waals surface area contributed by atoms with E-state index in [1.165, 1.54) is 12.1 Å². The van der Waals surface area contributed by atoms with Crippen molar-refractivity contribution in [3.05, 3.63) is 34.1 Å². The maximum atomic E-state index is 13.2. The molecule has 114 valence electrons. The number of benzene rings is 1. The number of rotatable bonds is 4. The van der Waals surface area contributed by atoms with Crippen molar-refractivity contribution in [2.75, 3.05) is 13.1 Å². The molecular formula is C15H17BrFNO3. The van der Waals surface area contributed by atoms with Crippen molar-refractivity contribution in [3.63, 3.8) is 0 Å². The Balaban J connectivity index is 1.90. The number of carbonyl (C=O) groups excluding carboxylic acids is 1. The predicted molar refractivity (Wildman–Crippen MR) is 79.4 cm³/mol. The van der Waals surface area contributed by atoms with Crippen LogP contribution >= 0.6 is 15.9 Å². The molecular weight excluding hydrogens is 341 g/mol. The summed E-state index contributed by atoms with van der Waals surface area (Å²) in [4.78, 5) is 24.6. The van der Waals surface area contributed by atoms with Crippen LogP contribution in [0.1, 0.15) is 24.8 Å². The SMILES string of the molecule is O=C(O)CC1CCN(C(=O)Cc2cc(F)ccc2Br)CC1. The van der Waals surface area contributed by atoms with E-state index in [1.54, 1.807) is 11.0 Å². The minimum absolute atomic E-state index is 0.0462. The molecule has 1 amide bonds.